The van der Waals surface area contributed by atoms with Gasteiger partial charge >= 0.3 is 0 Å². The van der Waals surface area contributed by atoms with Crippen LogP contribution in [-0.2, 0) is 13.0 Å². The number of benzene rings is 1. The first kappa shape index (κ1) is 14.1. The summed E-state index contributed by atoms with van der Waals surface area (Å²) in [6.07, 6.45) is 2.02. The lowest BCUT2D eigenvalue weighted by Gasteiger charge is -2.28. The van der Waals surface area contributed by atoms with Crippen LogP contribution in [0.15, 0.2) is 35.7 Å². The molecule has 0 saturated heterocycles. The quantitative estimate of drug-likeness (QED) is 0.932. The molecule has 3 rings (SSSR count). The molecule has 0 radical (unpaired) electrons. The average molecular weight is 300 g/mol. The van der Waals surface area contributed by atoms with Gasteiger partial charge in [-0.3, -0.25) is 4.79 Å². The van der Waals surface area contributed by atoms with Gasteiger partial charge in [0.1, 0.15) is 0 Å². The SMILES string of the molecule is CCCNc1ccccc1C(=O)N1CCc2sccc2C1. The van der Waals surface area contributed by atoms with Gasteiger partial charge in [-0.2, -0.15) is 0 Å². The number of carbonyl (C=O) groups is 1. The van der Waals surface area contributed by atoms with Gasteiger partial charge < -0.3 is 10.2 Å². The maximum atomic E-state index is 12.8. The third kappa shape index (κ3) is 2.95. The van der Waals surface area contributed by atoms with E-state index in [4.69, 9.17) is 0 Å². The third-order valence-corrected chi connectivity index (χ3v) is 4.84. The van der Waals surface area contributed by atoms with Gasteiger partial charge in [0.05, 0.1) is 5.56 Å². The smallest absolute Gasteiger partial charge is 0.256 e. The molecule has 1 aliphatic heterocycles. The standard InChI is InChI=1S/C17H20N2OS/c1-2-9-18-15-6-4-3-5-14(15)17(20)19-10-7-16-13(12-19)8-11-21-16/h3-6,8,11,18H,2,7,9-10,12H2,1H3. The molecule has 0 fully saturated rings. The Morgan fingerprint density at radius 1 is 1.33 bits per heavy atom. The van der Waals surface area contributed by atoms with E-state index in [1.807, 2.05) is 29.2 Å². The molecular weight excluding hydrogens is 280 g/mol. The molecule has 1 aromatic carbocycles. The number of rotatable bonds is 4. The molecule has 1 amide bonds. The van der Waals surface area contributed by atoms with E-state index in [2.05, 4.69) is 23.7 Å². The topological polar surface area (TPSA) is 32.3 Å². The number of hydrogen-bond acceptors (Lipinski definition) is 3. The van der Waals surface area contributed by atoms with E-state index in [9.17, 15) is 4.79 Å². The van der Waals surface area contributed by atoms with Crippen LogP contribution in [0.3, 0.4) is 0 Å². The molecule has 0 saturated carbocycles. The van der Waals surface area contributed by atoms with Crippen LogP contribution in [0.4, 0.5) is 5.69 Å². The van der Waals surface area contributed by atoms with E-state index in [1.54, 1.807) is 11.3 Å². The second-order valence-electron chi connectivity index (χ2n) is 5.32. The second kappa shape index (κ2) is 6.31. The van der Waals surface area contributed by atoms with E-state index >= 15 is 0 Å². The predicted octanol–water partition coefficient (Wildman–Crippen LogP) is 3.77. The molecule has 1 aliphatic rings. The van der Waals surface area contributed by atoms with Crippen LogP contribution in [0.25, 0.3) is 0 Å². The van der Waals surface area contributed by atoms with E-state index in [-0.39, 0.29) is 5.91 Å². The van der Waals surface area contributed by atoms with Gasteiger partial charge in [0.25, 0.3) is 5.91 Å². The van der Waals surface area contributed by atoms with Crippen molar-refractivity contribution in [3.8, 4) is 0 Å². The molecule has 0 aliphatic carbocycles. The number of nitrogens with one attached hydrogen (secondary N) is 1. The number of fused-ring (bicyclic) bond motifs is 1. The van der Waals surface area contributed by atoms with Crippen LogP contribution in [0.1, 0.15) is 34.1 Å². The molecule has 0 bridgehead atoms. The van der Waals surface area contributed by atoms with Crippen LogP contribution in [0.2, 0.25) is 0 Å². The summed E-state index contributed by atoms with van der Waals surface area (Å²) in [5, 5.41) is 5.47. The van der Waals surface area contributed by atoms with Crippen molar-refractivity contribution in [2.24, 2.45) is 0 Å². The number of para-hydroxylation sites is 1. The highest BCUT2D eigenvalue weighted by atomic mass is 32.1. The molecule has 2 aromatic rings. The van der Waals surface area contributed by atoms with E-state index < -0.39 is 0 Å². The van der Waals surface area contributed by atoms with Crippen molar-refractivity contribution < 1.29 is 4.79 Å². The van der Waals surface area contributed by atoms with Gasteiger partial charge in [-0.25, -0.2) is 0 Å². The van der Waals surface area contributed by atoms with Gasteiger partial charge in [-0.15, -0.1) is 11.3 Å². The van der Waals surface area contributed by atoms with Crippen molar-refractivity contribution in [1.29, 1.82) is 0 Å². The van der Waals surface area contributed by atoms with Gasteiger partial charge in [-0.05, 0) is 42.0 Å². The Morgan fingerprint density at radius 3 is 3.05 bits per heavy atom. The molecule has 4 heteroatoms. The van der Waals surface area contributed by atoms with E-state index in [0.717, 1.165) is 43.7 Å². The van der Waals surface area contributed by atoms with Crippen molar-refractivity contribution in [3.63, 3.8) is 0 Å². The van der Waals surface area contributed by atoms with Gasteiger partial charge in [-0.1, -0.05) is 19.1 Å². The van der Waals surface area contributed by atoms with Gasteiger partial charge in [0, 0.05) is 30.2 Å². The Morgan fingerprint density at radius 2 is 2.19 bits per heavy atom. The molecule has 2 heterocycles. The zero-order valence-electron chi connectivity index (χ0n) is 12.3. The summed E-state index contributed by atoms with van der Waals surface area (Å²) >= 11 is 1.80. The summed E-state index contributed by atoms with van der Waals surface area (Å²) < 4.78 is 0. The van der Waals surface area contributed by atoms with Crippen LogP contribution in [-0.4, -0.2) is 23.9 Å². The second-order valence-corrected chi connectivity index (χ2v) is 6.32. The highest BCUT2D eigenvalue weighted by Crippen LogP contribution is 2.26. The Balaban J connectivity index is 1.80. The minimum absolute atomic E-state index is 0.131. The lowest BCUT2D eigenvalue weighted by Crippen LogP contribution is -2.35. The number of amides is 1. The fraction of sp³-hybridized carbons (Fsp3) is 0.353. The highest BCUT2D eigenvalue weighted by Gasteiger charge is 2.23. The van der Waals surface area contributed by atoms with E-state index in [1.165, 1.54) is 10.4 Å². The fourth-order valence-electron chi connectivity index (χ4n) is 2.68. The first-order valence-corrected chi connectivity index (χ1v) is 8.35. The summed E-state index contributed by atoms with van der Waals surface area (Å²) in [5.41, 5.74) is 3.03. The maximum absolute atomic E-state index is 12.8. The number of anilines is 1. The molecule has 1 N–H and O–H groups in total. The summed E-state index contributed by atoms with van der Waals surface area (Å²) in [6, 6.07) is 9.96. The van der Waals surface area contributed by atoms with Gasteiger partial charge in [0.15, 0.2) is 0 Å². The number of nitrogens with zero attached hydrogens (tertiary/aromatic N) is 1. The third-order valence-electron chi connectivity index (χ3n) is 3.82. The van der Waals surface area contributed by atoms with Crippen molar-refractivity contribution in [2.75, 3.05) is 18.4 Å². The summed E-state index contributed by atoms with van der Waals surface area (Å²) in [4.78, 5) is 16.2. The van der Waals surface area contributed by atoms with Crippen LogP contribution >= 0.6 is 11.3 Å². The van der Waals surface area contributed by atoms with Crippen LogP contribution in [0.5, 0.6) is 0 Å². The number of hydrogen-bond donors (Lipinski definition) is 1. The Bertz CT molecular complexity index is 635. The zero-order chi connectivity index (χ0) is 14.7. The number of thiophene rings is 1. The molecule has 110 valence electrons. The lowest BCUT2D eigenvalue weighted by atomic mass is 10.1. The van der Waals surface area contributed by atoms with Crippen molar-refractivity contribution >= 4 is 22.9 Å². The first-order valence-electron chi connectivity index (χ1n) is 7.47. The molecule has 3 nitrogen and oxygen atoms in total. The highest BCUT2D eigenvalue weighted by molar-refractivity contribution is 7.10. The van der Waals surface area contributed by atoms with Crippen molar-refractivity contribution in [1.82, 2.24) is 4.90 Å². The minimum atomic E-state index is 0.131. The predicted molar refractivity (Wildman–Crippen MR) is 88.0 cm³/mol. The molecule has 21 heavy (non-hydrogen) atoms. The molecule has 0 spiro atoms. The fourth-order valence-corrected chi connectivity index (χ4v) is 3.57. The summed E-state index contributed by atoms with van der Waals surface area (Å²) in [7, 11) is 0. The lowest BCUT2D eigenvalue weighted by molar-refractivity contribution is 0.0737. The normalized spacial score (nSPS) is 13.9. The molecule has 1 aromatic heterocycles. The van der Waals surface area contributed by atoms with Gasteiger partial charge in [0.2, 0.25) is 0 Å². The largest absolute Gasteiger partial charge is 0.384 e. The summed E-state index contributed by atoms with van der Waals surface area (Å²) in [6.45, 7) is 4.56. The Kier molecular flexibility index (Phi) is 4.25. The zero-order valence-corrected chi connectivity index (χ0v) is 13.1. The molecular formula is C17H20N2OS. The van der Waals surface area contributed by atoms with E-state index in [0.29, 0.717) is 0 Å². The van der Waals surface area contributed by atoms with Crippen molar-refractivity contribution in [3.05, 3.63) is 51.7 Å². The average Bonchev–Trinajstić information content (AvgIpc) is 3.00. The summed E-state index contributed by atoms with van der Waals surface area (Å²) in [5.74, 6) is 0.131. The van der Waals surface area contributed by atoms with Crippen molar-refractivity contribution in [2.45, 2.75) is 26.3 Å². The molecule has 0 unspecified atom stereocenters. The number of carbonyl (C=O) groups excluding carboxylic acids is 1. The van der Waals surface area contributed by atoms with Crippen LogP contribution < -0.4 is 5.32 Å². The maximum Gasteiger partial charge on any atom is 0.256 e. The minimum Gasteiger partial charge on any atom is -0.384 e. The molecule has 0 atom stereocenters. The Hall–Kier alpha value is -1.81. The monoisotopic (exact) mass is 300 g/mol. The van der Waals surface area contributed by atoms with Crippen LogP contribution in [0, 0.1) is 0 Å². The first-order chi connectivity index (χ1) is 10.3. The Labute approximate surface area is 129 Å².